The second-order valence-electron chi connectivity index (χ2n) is 2.37. The zero-order valence-electron chi connectivity index (χ0n) is 7.00. The van der Waals surface area contributed by atoms with Crippen LogP contribution in [0.3, 0.4) is 0 Å². The fraction of sp³-hybridized carbons (Fsp3) is 0.444. The summed E-state index contributed by atoms with van der Waals surface area (Å²) in [6.07, 6.45) is 6.56. The molecule has 0 radical (unpaired) electrons. The van der Waals surface area contributed by atoms with Gasteiger partial charge in [-0.1, -0.05) is 19.4 Å². The Balaban J connectivity index is 3.85. The Labute approximate surface area is 67.2 Å². The van der Waals surface area contributed by atoms with E-state index in [-0.39, 0.29) is 11.5 Å². The van der Waals surface area contributed by atoms with E-state index in [4.69, 9.17) is 5.11 Å². The number of carbonyl (C=O) groups is 1. The number of rotatable bonds is 4. The summed E-state index contributed by atoms with van der Waals surface area (Å²) >= 11 is 0. The molecular formula is C9H14O2. The van der Waals surface area contributed by atoms with Crippen molar-refractivity contribution in [3.05, 3.63) is 24.0 Å². The zero-order chi connectivity index (χ0) is 8.69. The minimum atomic E-state index is -0.136. The number of aliphatic hydroxyl groups excluding tert-OH is 1. The summed E-state index contributed by atoms with van der Waals surface area (Å²) in [5.41, 5.74) is 0. The minimum absolute atomic E-state index is 0.0333. The molecule has 0 amide bonds. The van der Waals surface area contributed by atoms with Gasteiger partial charge in [0.15, 0.2) is 5.78 Å². The van der Waals surface area contributed by atoms with E-state index in [2.05, 4.69) is 6.92 Å². The number of hydrogen-bond donors (Lipinski definition) is 1. The van der Waals surface area contributed by atoms with Gasteiger partial charge in [-0.25, -0.2) is 0 Å². The van der Waals surface area contributed by atoms with Crippen LogP contribution < -0.4 is 0 Å². The number of unbranched alkanes of at least 4 members (excludes halogenated alkanes) is 1. The molecule has 0 aromatic rings. The second kappa shape index (κ2) is 5.71. The Hall–Kier alpha value is -1.05. The molecule has 0 atom stereocenters. The summed E-state index contributed by atoms with van der Waals surface area (Å²) in [5, 5.41) is 9.00. The highest BCUT2D eigenvalue weighted by Gasteiger charge is 1.87. The van der Waals surface area contributed by atoms with Crippen LogP contribution in [0.4, 0.5) is 0 Å². The molecule has 0 unspecified atom stereocenters. The first-order chi connectivity index (χ1) is 5.16. The molecule has 0 aromatic heterocycles. The molecule has 0 aliphatic carbocycles. The molecule has 0 heterocycles. The van der Waals surface area contributed by atoms with Crippen LogP contribution >= 0.6 is 0 Å². The first kappa shape index (κ1) is 9.95. The molecule has 0 spiro atoms. The van der Waals surface area contributed by atoms with Gasteiger partial charge < -0.3 is 5.11 Å². The van der Waals surface area contributed by atoms with Crippen LogP contribution in [0.25, 0.3) is 0 Å². The van der Waals surface area contributed by atoms with Crippen LogP contribution in [0.15, 0.2) is 24.0 Å². The topological polar surface area (TPSA) is 37.3 Å². The van der Waals surface area contributed by atoms with Crippen molar-refractivity contribution in [1.82, 2.24) is 0 Å². The second-order valence-corrected chi connectivity index (χ2v) is 2.37. The molecule has 0 saturated carbocycles. The van der Waals surface area contributed by atoms with Gasteiger partial charge in [-0.2, -0.15) is 0 Å². The van der Waals surface area contributed by atoms with Crippen LogP contribution in [0.2, 0.25) is 0 Å². The molecule has 0 saturated heterocycles. The lowest BCUT2D eigenvalue weighted by atomic mass is 10.3. The molecule has 2 heteroatoms. The minimum Gasteiger partial charge on any atom is -0.508 e. The molecule has 62 valence electrons. The maximum Gasteiger partial charge on any atom is 0.156 e. The van der Waals surface area contributed by atoms with E-state index in [1.807, 2.05) is 6.08 Å². The lowest BCUT2D eigenvalue weighted by Crippen LogP contribution is -1.84. The molecule has 0 aromatic carbocycles. The van der Waals surface area contributed by atoms with Crippen LogP contribution in [0, 0.1) is 0 Å². The van der Waals surface area contributed by atoms with Crippen molar-refractivity contribution >= 4 is 5.78 Å². The number of carbonyl (C=O) groups excluding carboxylic acids is 1. The maximum absolute atomic E-state index is 10.4. The Morgan fingerprint density at radius 3 is 2.64 bits per heavy atom. The van der Waals surface area contributed by atoms with Crippen molar-refractivity contribution < 1.29 is 9.90 Å². The van der Waals surface area contributed by atoms with E-state index in [1.165, 1.54) is 13.0 Å². The average Bonchev–Trinajstić information content (AvgIpc) is 1.86. The third-order valence-electron chi connectivity index (χ3n) is 1.10. The maximum atomic E-state index is 10.4. The van der Waals surface area contributed by atoms with Gasteiger partial charge in [0.25, 0.3) is 0 Å². The average molecular weight is 154 g/mol. The van der Waals surface area contributed by atoms with Crippen molar-refractivity contribution in [3.63, 3.8) is 0 Å². The van der Waals surface area contributed by atoms with Crippen LogP contribution in [0.1, 0.15) is 26.7 Å². The van der Waals surface area contributed by atoms with Gasteiger partial charge in [0.1, 0.15) is 5.76 Å². The van der Waals surface area contributed by atoms with Gasteiger partial charge in [-0.15, -0.1) is 0 Å². The lowest BCUT2D eigenvalue weighted by molar-refractivity contribution is -0.112. The van der Waals surface area contributed by atoms with Crippen LogP contribution in [-0.4, -0.2) is 10.9 Å². The molecule has 0 rings (SSSR count). The molecule has 0 fully saturated rings. The third-order valence-corrected chi connectivity index (χ3v) is 1.10. The van der Waals surface area contributed by atoms with Gasteiger partial charge in [-0.05, 0) is 19.4 Å². The highest BCUT2D eigenvalue weighted by atomic mass is 16.3. The summed E-state index contributed by atoms with van der Waals surface area (Å²) in [6.45, 7) is 3.46. The number of allylic oxidation sites excluding steroid dienone is 3. The van der Waals surface area contributed by atoms with Gasteiger partial charge in [0.2, 0.25) is 0 Å². The van der Waals surface area contributed by atoms with E-state index in [1.54, 1.807) is 6.08 Å². The van der Waals surface area contributed by atoms with E-state index < -0.39 is 0 Å². The van der Waals surface area contributed by atoms with Gasteiger partial charge in [0, 0.05) is 6.08 Å². The normalized spacial score (nSPS) is 12.4. The van der Waals surface area contributed by atoms with Crippen molar-refractivity contribution in [2.24, 2.45) is 0 Å². The molecule has 1 N–H and O–H groups in total. The SMILES string of the molecule is CCC/C=C/C(O)=C/C(C)=O. The lowest BCUT2D eigenvalue weighted by Gasteiger charge is -1.88. The molecule has 0 aliphatic rings. The summed E-state index contributed by atoms with van der Waals surface area (Å²) < 4.78 is 0. The molecular weight excluding hydrogens is 140 g/mol. The van der Waals surface area contributed by atoms with Gasteiger partial charge >= 0.3 is 0 Å². The fourth-order valence-corrected chi connectivity index (χ4v) is 0.627. The standard InChI is InChI=1S/C9H14O2/c1-3-4-5-6-9(11)7-8(2)10/h5-7,11H,3-4H2,1-2H3/b6-5+,9-7-. The summed E-state index contributed by atoms with van der Waals surface area (Å²) in [4.78, 5) is 10.4. The Kier molecular flexibility index (Phi) is 5.17. The Morgan fingerprint density at radius 2 is 2.18 bits per heavy atom. The summed E-state index contributed by atoms with van der Waals surface area (Å²) in [6, 6.07) is 0. The van der Waals surface area contributed by atoms with Crippen molar-refractivity contribution in [2.75, 3.05) is 0 Å². The van der Waals surface area contributed by atoms with Gasteiger partial charge in [0.05, 0.1) is 0 Å². The highest BCUT2D eigenvalue weighted by molar-refractivity contribution is 5.87. The first-order valence-electron chi connectivity index (χ1n) is 3.74. The third kappa shape index (κ3) is 6.84. The zero-order valence-corrected chi connectivity index (χ0v) is 7.00. The van der Waals surface area contributed by atoms with E-state index in [0.717, 1.165) is 12.8 Å². The Morgan fingerprint density at radius 1 is 1.55 bits per heavy atom. The first-order valence-corrected chi connectivity index (χ1v) is 3.74. The Bertz CT molecular complexity index is 178. The quantitative estimate of drug-likeness (QED) is 0.383. The van der Waals surface area contributed by atoms with Crippen LogP contribution in [0.5, 0.6) is 0 Å². The number of aliphatic hydroxyl groups is 1. The monoisotopic (exact) mass is 154 g/mol. The smallest absolute Gasteiger partial charge is 0.156 e. The highest BCUT2D eigenvalue weighted by Crippen LogP contribution is 1.95. The number of hydrogen-bond acceptors (Lipinski definition) is 2. The fourth-order valence-electron chi connectivity index (χ4n) is 0.627. The largest absolute Gasteiger partial charge is 0.508 e. The molecule has 2 nitrogen and oxygen atoms in total. The van der Waals surface area contributed by atoms with E-state index in [0.29, 0.717) is 0 Å². The molecule has 0 bridgehead atoms. The summed E-state index contributed by atoms with van der Waals surface area (Å²) in [5.74, 6) is -0.102. The van der Waals surface area contributed by atoms with Crippen molar-refractivity contribution in [3.8, 4) is 0 Å². The predicted octanol–water partition coefficient (Wildman–Crippen LogP) is 2.37. The number of ketones is 1. The van der Waals surface area contributed by atoms with Crippen molar-refractivity contribution in [1.29, 1.82) is 0 Å². The predicted molar refractivity (Wildman–Crippen MR) is 45.4 cm³/mol. The van der Waals surface area contributed by atoms with E-state index in [9.17, 15) is 4.79 Å². The van der Waals surface area contributed by atoms with Crippen molar-refractivity contribution in [2.45, 2.75) is 26.7 Å². The van der Waals surface area contributed by atoms with Gasteiger partial charge in [-0.3, -0.25) is 4.79 Å². The summed E-state index contributed by atoms with van der Waals surface area (Å²) in [7, 11) is 0. The van der Waals surface area contributed by atoms with Crippen LogP contribution in [-0.2, 0) is 4.79 Å². The molecule has 0 aliphatic heterocycles. The molecule has 11 heavy (non-hydrogen) atoms. The van der Waals surface area contributed by atoms with E-state index >= 15 is 0 Å².